The third-order valence-electron chi connectivity index (χ3n) is 8.86. The summed E-state index contributed by atoms with van der Waals surface area (Å²) in [5, 5.41) is 0. The Bertz CT molecular complexity index is 1230. The third-order valence-corrected chi connectivity index (χ3v) is 14.5. The van der Waals surface area contributed by atoms with Crippen molar-refractivity contribution in [2.75, 3.05) is 55.9 Å². The zero-order valence-electron chi connectivity index (χ0n) is 25.9. The SMILES string of the molecule is CO[Si](CCCOc1ccc2c(c1)OC(=O)C1C3C(=O)Oc4cc(OCCC[Si](OC)(OC)OC)ccc4C3C21)(OC)OC. The molecule has 2 aromatic carbocycles. The summed E-state index contributed by atoms with van der Waals surface area (Å²) in [5.41, 5.74) is 1.74. The van der Waals surface area contributed by atoms with Gasteiger partial charge in [-0.2, -0.15) is 0 Å². The van der Waals surface area contributed by atoms with E-state index in [1.807, 2.05) is 24.3 Å². The number of hydrogen-bond donors (Lipinski definition) is 0. The highest BCUT2D eigenvalue weighted by atomic mass is 28.4. The van der Waals surface area contributed by atoms with Crippen LogP contribution in [0.15, 0.2) is 36.4 Å². The Morgan fingerprint density at radius 3 is 1.27 bits per heavy atom. The molecule has 0 bridgehead atoms. The van der Waals surface area contributed by atoms with E-state index in [1.54, 1.807) is 54.8 Å². The molecule has 4 atom stereocenters. The van der Waals surface area contributed by atoms with Crippen LogP contribution in [0.2, 0.25) is 12.1 Å². The maximum atomic E-state index is 13.1. The van der Waals surface area contributed by atoms with Crippen molar-refractivity contribution in [3.63, 3.8) is 0 Å². The molecule has 3 aliphatic rings. The largest absolute Gasteiger partial charge is 0.500 e. The van der Waals surface area contributed by atoms with Crippen molar-refractivity contribution in [2.24, 2.45) is 11.8 Å². The lowest BCUT2D eigenvalue weighted by Crippen LogP contribution is -2.57. The first-order chi connectivity index (χ1) is 21.3. The standard InChI is InChI=1S/C30H40O12Si2/c1-33-43(34-2,35-3)15-7-13-39-19-9-11-21-23(17-19)41-29(31)27-25(21)26-22-12-10-20(18-24(22)42-30(32)28(26)27)40-14-8-16-44(36-4,37-5)38-6/h9-12,17-18,25-28H,7-8,13-16H2,1-6H3. The van der Waals surface area contributed by atoms with Gasteiger partial charge < -0.3 is 45.5 Å². The minimum absolute atomic E-state index is 0.212. The van der Waals surface area contributed by atoms with Gasteiger partial charge in [0.1, 0.15) is 23.0 Å². The average Bonchev–Trinajstić information content (AvgIpc) is 3.03. The van der Waals surface area contributed by atoms with E-state index in [0.717, 1.165) is 11.1 Å². The fourth-order valence-electron chi connectivity index (χ4n) is 6.47. The predicted molar refractivity (Wildman–Crippen MR) is 160 cm³/mol. The summed E-state index contributed by atoms with van der Waals surface area (Å²) < 4.78 is 56.1. The minimum atomic E-state index is -2.68. The van der Waals surface area contributed by atoms with Gasteiger partial charge in [-0.05, 0) is 36.1 Å². The van der Waals surface area contributed by atoms with Crippen LogP contribution in [0, 0.1) is 11.8 Å². The van der Waals surface area contributed by atoms with Gasteiger partial charge in [-0.15, -0.1) is 0 Å². The molecule has 0 saturated heterocycles. The highest BCUT2D eigenvalue weighted by molar-refractivity contribution is 6.60. The number of esters is 2. The van der Waals surface area contributed by atoms with E-state index < -0.39 is 41.4 Å². The molecule has 14 heteroatoms. The molecular formula is C30H40O12Si2. The van der Waals surface area contributed by atoms with Crippen LogP contribution in [-0.4, -0.2) is 85.4 Å². The molecule has 2 heterocycles. The van der Waals surface area contributed by atoms with E-state index in [9.17, 15) is 9.59 Å². The van der Waals surface area contributed by atoms with Crippen molar-refractivity contribution in [1.29, 1.82) is 0 Å². The van der Waals surface area contributed by atoms with Gasteiger partial charge >= 0.3 is 29.5 Å². The van der Waals surface area contributed by atoms with Gasteiger partial charge in [0, 0.05) is 78.7 Å². The van der Waals surface area contributed by atoms with Crippen LogP contribution in [0.1, 0.15) is 35.8 Å². The molecule has 4 unspecified atom stereocenters. The highest BCUT2D eigenvalue weighted by Crippen LogP contribution is 2.65. The number of carbonyl (C=O) groups excluding carboxylic acids is 2. The highest BCUT2D eigenvalue weighted by Gasteiger charge is 2.64. The second-order valence-electron chi connectivity index (χ2n) is 10.8. The Morgan fingerprint density at radius 2 is 0.932 bits per heavy atom. The number of benzene rings is 2. The number of carbonyl (C=O) groups is 2. The van der Waals surface area contributed by atoms with Gasteiger partial charge in [0.05, 0.1) is 25.0 Å². The Hall–Kier alpha value is -2.83. The average molecular weight is 649 g/mol. The van der Waals surface area contributed by atoms with E-state index in [2.05, 4.69) is 0 Å². The van der Waals surface area contributed by atoms with Gasteiger partial charge in [0.25, 0.3) is 0 Å². The number of fused-ring (bicyclic) bond motifs is 8. The maximum absolute atomic E-state index is 13.1. The van der Waals surface area contributed by atoms with Crippen LogP contribution in [0.3, 0.4) is 0 Å². The maximum Gasteiger partial charge on any atom is 0.500 e. The second kappa shape index (κ2) is 13.7. The molecule has 0 radical (unpaired) electrons. The van der Waals surface area contributed by atoms with E-state index >= 15 is 0 Å². The molecule has 0 aromatic heterocycles. The summed E-state index contributed by atoms with van der Waals surface area (Å²) in [4.78, 5) is 26.2. The lowest BCUT2D eigenvalue weighted by Gasteiger charge is -2.53. The molecule has 2 aromatic rings. The number of rotatable bonds is 16. The number of hydrogen-bond acceptors (Lipinski definition) is 12. The Kier molecular flexibility index (Phi) is 10.1. The molecule has 44 heavy (non-hydrogen) atoms. The molecule has 5 rings (SSSR count). The molecule has 0 N–H and O–H groups in total. The molecule has 2 aliphatic heterocycles. The summed E-state index contributed by atoms with van der Waals surface area (Å²) in [6, 6.07) is 12.2. The zero-order valence-corrected chi connectivity index (χ0v) is 27.9. The van der Waals surface area contributed by atoms with Crippen LogP contribution in [0.4, 0.5) is 0 Å². The lowest BCUT2D eigenvalue weighted by atomic mass is 9.51. The van der Waals surface area contributed by atoms with Gasteiger partial charge in [0.2, 0.25) is 0 Å². The van der Waals surface area contributed by atoms with Crippen LogP contribution < -0.4 is 18.9 Å². The van der Waals surface area contributed by atoms with Crippen LogP contribution in [-0.2, 0) is 36.1 Å². The molecule has 0 spiro atoms. The van der Waals surface area contributed by atoms with Crippen LogP contribution in [0.25, 0.3) is 0 Å². The quantitative estimate of drug-likeness (QED) is 0.113. The van der Waals surface area contributed by atoms with Crippen molar-refractivity contribution >= 4 is 29.5 Å². The van der Waals surface area contributed by atoms with E-state index in [4.69, 9.17) is 45.5 Å². The summed E-state index contributed by atoms with van der Waals surface area (Å²) in [5.74, 6) is -0.425. The first-order valence-corrected chi connectivity index (χ1v) is 18.4. The monoisotopic (exact) mass is 648 g/mol. The smallest absolute Gasteiger partial charge is 0.493 e. The molecular weight excluding hydrogens is 608 g/mol. The fourth-order valence-corrected chi connectivity index (χ4v) is 9.85. The first kappa shape index (κ1) is 32.6. The summed E-state index contributed by atoms with van der Waals surface area (Å²) in [6.07, 6.45) is 1.32. The van der Waals surface area contributed by atoms with Gasteiger partial charge in [-0.3, -0.25) is 9.59 Å². The fraction of sp³-hybridized carbons (Fsp3) is 0.533. The van der Waals surface area contributed by atoms with E-state index in [0.29, 0.717) is 61.1 Å². The molecule has 1 saturated carbocycles. The van der Waals surface area contributed by atoms with Crippen molar-refractivity contribution in [2.45, 2.75) is 36.8 Å². The van der Waals surface area contributed by atoms with E-state index in [1.165, 1.54) is 0 Å². The first-order valence-electron chi connectivity index (χ1n) is 14.6. The Morgan fingerprint density at radius 1 is 0.568 bits per heavy atom. The number of ether oxygens (including phenoxy) is 4. The Balaban J connectivity index is 1.26. The predicted octanol–water partition coefficient (Wildman–Crippen LogP) is 3.93. The molecule has 1 fully saturated rings. The summed E-state index contributed by atoms with van der Waals surface area (Å²) in [7, 11) is 4.11. The summed E-state index contributed by atoms with van der Waals surface area (Å²) >= 11 is 0. The Labute approximate surface area is 259 Å². The van der Waals surface area contributed by atoms with Crippen molar-refractivity contribution in [3.05, 3.63) is 47.5 Å². The van der Waals surface area contributed by atoms with Gasteiger partial charge in [0.15, 0.2) is 0 Å². The molecule has 0 amide bonds. The molecule has 12 nitrogen and oxygen atoms in total. The summed E-state index contributed by atoms with van der Waals surface area (Å²) in [6.45, 7) is 0.817. The van der Waals surface area contributed by atoms with Gasteiger partial charge in [-0.1, -0.05) is 12.1 Å². The zero-order chi connectivity index (χ0) is 31.5. The molecule has 1 aliphatic carbocycles. The topological polar surface area (TPSA) is 126 Å². The van der Waals surface area contributed by atoms with Crippen LogP contribution >= 0.6 is 0 Å². The van der Waals surface area contributed by atoms with Crippen molar-refractivity contribution < 1.29 is 55.1 Å². The van der Waals surface area contributed by atoms with Crippen molar-refractivity contribution in [1.82, 2.24) is 0 Å². The minimum Gasteiger partial charge on any atom is -0.493 e. The van der Waals surface area contributed by atoms with Gasteiger partial charge in [-0.25, -0.2) is 0 Å². The third kappa shape index (κ3) is 6.05. The normalized spacial score (nSPS) is 22.0. The second-order valence-corrected chi connectivity index (χ2v) is 17.0. The van der Waals surface area contributed by atoms with Crippen LogP contribution in [0.5, 0.6) is 23.0 Å². The molecule has 240 valence electrons. The lowest BCUT2D eigenvalue weighted by molar-refractivity contribution is -0.165. The van der Waals surface area contributed by atoms with Crippen molar-refractivity contribution in [3.8, 4) is 23.0 Å². The van der Waals surface area contributed by atoms with E-state index in [-0.39, 0.29) is 11.8 Å².